The van der Waals surface area contributed by atoms with Gasteiger partial charge in [0.25, 0.3) is 5.91 Å². The van der Waals surface area contributed by atoms with E-state index in [1.807, 2.05) is 26.0 Å². The zero-order valence-electron chi connectivity index (χ0n) is 16.2. The maximum Gasteiger partial charge on any atom is 0.338 e. The van der Waals surface area contributed by atoms with Gasteiger partial charge in [0, 0.05) is 17.2 Å². The number of ether oxygens (including phenoxy) is 3. The number of hydrogen-bond acceptors (Lipinski definition) is 5. The summed E-state index contributed by atoms with van der Waals surface area (Å²) in [5.74, 6) is -0.368. The van der Waals surface area contributed by atoms with Crippen LogP contribution in [0.3, 0.4) is 0 Å². The van der Waals surface area contributed by atoms with Crippen molar-refractivity contribution in [1.29, 1.82) is 0 Å². The van der Waals surface area contributed by atoms with Gasteiger partial charge in [-0.15, -0.1) is 0 Å². The summed E-state index contributed by atoms with van der Waals surface area (Å²) in [6.07, 6.45) is 0. The van der Waals surface area contributed by atoms with E-state index >= 15 is 0 Å². The Labute approximate surface area is 169 Å². The SMILES string of the molecule is CCOCc1cc(C(=O)OCC(=O)N[C@@H](C)c2cccc(Cl)c2)ccc1OC. The van der Waals surface area contributed by atoms with Crippen LogP contribution >= 0.6 is 11.6 Å². The van der Waals surface area contributed by atoms with Gasteiger partial charge in [-0.3, -0.25) is 4.79 Å². The molecule has 0 unspecified atom stereocenters. The van der Waals surface area contributed by atoms with E-state index < -0.39 is 11.9 Å². The van der Waals surface area contributed by atoms with Crippen molar-refractivity contribution in [2.75, 3.05) is 20.3 Å². The molecule has 0 spiro atoms. The quantitative estimate of drug-likeness (QED) is 0.640. The number of halogens is 1. The van der Waals surface area contributed by atoms with E-state index in [1.54, 1.807) is 37.4 Å². The Morgan fingerprint density at radius 2 is 1.96 bits per heavy atom. The van der Waals surface area contributed by atoms with Crippen LogP contribution in [0.4, 0.5) is 0 Å². The summed E-state index contributed by atoms with van der Waals surface area (Å²) in [6.45, 7) is 4.19. The van der Waals surface area contributed by atoms with Crippen LogP contribution in [0, 0.1) is 0 Å². The molecule has 0 aliphatic rings. The molecule has 2 aromatic carbocycles. The van der Waals surface area contributed by atoms with Crippen molar-refractivity contribution in [2.45, 2.75) is 26.5 Å². The Morgan fingerprint density at radius 3 is 2.64 bits per heavy atom. The molecule has 2 aromatic rings. The first-order valence-electron chi connectivity index (χ1n) is 8.91. The first-order chi connectivity index (χ1) is 13.4. The third-order valence-corrected chi connectivity index (χ3v) is 4.27. The monoisotopic (exact) mass is 405 g/mol. The number of nitrogens with one attached hydrogen (secondary N) is 1. The molecule has 0 aromatic heterocycles. The second kappa shape index (κ2) is 10.7. The van der Waals surface area contributed by atoms with Crippen LogP contribution in [0.5, 0.6) is 5.75 Å². The number of carbonyl (C=O) groups excluding carboxylic acids is 2. The molecule has 0 radical (unpaired) electrons. The Hall–Kier alpha value is -2.57. The lowest BCUT2D eigenvalue weighted by atomic mass is 10.1. The van der Waals surface area contributed by atoms with Gasteiger partial charge in [0.05, 0.1) is 25.3 Å². The van der Waals surface area contributed by atoms with Gasteiger partial charge in [-0.1, -0.05) is 23.7 Å². The lowest BCUT2D eigenvalue weighted by Crippen LogP contribution is -2.31. The van der Waals surface area contributed by atoms with Gasteiger partial charge in [-0.25, -0.2) is 4.79 Å². The zero-order chi connectivity index (χ0) is 20.5. The molecule has 28 heavy (non-hydrogen) atoms. The van der Waals surface area contributed by atoms with E-state index in [-0.39, 0.29) is 12.6 Å². The molecule has 0 saturated heterocycles. The van der Waals surface area contributed by atoms with Crippen molar-refractivity contribution >= 4 is 23.5 Å². The van der Waals surface area contributed by atoms with E-state index in [0.29, 0.717) is 29.5 Å². The third-order valence-electron chi connectivity index (χ3n) is 4.04. The van der Waals surface area contributed by atoms with Gasteiger partial charge in [0.2, 0.25) is 0 Å². The maximum absolute atomic E-state index is 12.3. The largest absolute Gasteiger partial charge is 0.496 e. The molecule has 0 heterocycles. The number of esters is 1. The Balaban J connectivity index is 1.93. The fourth-order valence-corrected chi connectivity index (χ4v) is 2.79. The van der Waals surface area contributed by atoms with Crippen molar-refractivity contribution in [3.8, 4) is 5.75 Å². The van der Waals surface area contributed by atoms with E-state index in [4.69, 9.17) is 25.8 Å². The molecule has 1 amide bonds. The average molecular weight is 406 g/mol. The van der Waals surface area contributed by atoms with Gasteiger partial charge >= 0.3 is 5.97 Å². The Kier molecular flexibility index (Phi) is 8.29. The lowest BCUT2D eigenvalue weighted by molar-refractivity contribution is -0.124. The van der Waals surface area contributed by atoms with E-state index in [0.717, 1.165) is 11.1 Å². The Morgan fingerprint density at radius 1 is 1.18 bits per heavy atom. The highest BCUT2D eigenvalue weighted by atomic mass is 35.5. The summed E-state index contributed by atoms with van der Waals surface area (Å²) < 4.78 is 15.8. The van der Waals surface area contributed by atoms with Gasteiger partial charge in [0.15, 0.2) is 6.61 Å². The highest BCUT2D eigenvalue weighted by Gasteiger charge is 2.15. The maximum atomic E-state index is 12.3. The molecule has 6 nitrogen and oxygen atoms in total. The van der Waals surface area contributed by atoms with Gasteiger partial charge in [0.1, 0.15) is 5.75 Å². The predicted octanol–water partition coefficient (Wildman–Crippen LogP) is 3.92. The molecule has 1 N–H and O–H groups in total. The zero-order valence-corrected chi connectivity index (χ0v) is 16.9. The van der Waals surface area contributed by atoms with E-state index in [2.05, 4.69) is 5.32 Å². The number of benzene rings is 2. The van der Waals surface area contributed by atoms with Gasteiger partial charge in [-0.05, 0) is 49.7 Å². The highest BCUT2D eigenvalue weighted by molar-refractivity contribution is 6.30. The summed E-state index contributed by atoms with van der Waals surface area (Å²) in [5.41, 5.74) is 1.92. The second-order valence-electron chi connectivity index (χ2n) is 6.08. The summed E-state index contributed by atoms with van der Waals surface area (Å²) in [6, 6.07) is 11.8. The molecular weight excluding hydrogens is 382 g/mol. The average Bonchev–Trinajstić information content (AvgIpc) is 2.70. The Bertz CT molecular complexity index is 824. The standard InChI is InChI=1S/C21H24ClNO5/c1-4-27-12-17-10-16(8-9-19(17)26-3)21(25)28-13-20(24)23-14(2)15-6-5-7-18(22)11-15/h5-11,14H,4,12-13H2,1-3H3,(H,23,24)/t14-/m0/s1. The van der Waals surface area contributed by atoms with Gasteiger partial charge in [-0.2, -0.15) is 0 Å². The summed E-state index contributed by atoms with van der Waals surface area (Å²) >= 11 is 5.96. The normalized spacial score (nSPS) is 11.6. The molecule has 1 atom stereocenters. The molecule has 150 valence electrons. The smallest absolute Gasteiger partial charge is 0.338 e. The third kappa shape index (κ3) is 6.25. The fourth-order valence-electron chi connectivity index (χ4n) is 2.59. The van der Waals surface area contributed by atoms with Crippen molar-refractivity contribution in [1.82, 2.24) is 5.32 Å². The minimum atomic E-state index is -0.592. The molecule has 0 aliphatic carbocycles. The van der Waals surface area contributed by atoms with Crippen LogP contribution in [0.25, 0.3) is 0 Å². The molecule has 0 bridgehead atoms. The van der Waals surface area contributed by atoms with Crippen molar-refractivity contribution in [2.24, 2.45) is 0 Å². The molecule has 2 rings (SSSR count). The summed E-state index contributed by atoms with van der Waals surface area (Å²) in [4.78, 5) is 24.4. The summed E-state index contributed by atoms with van der Waals surface area (Å²) in [5, 5.41) is 3.36. The number of amides is 1. The summed E-state index contributed by atoms with van der Waals surface area (Å²) in [7, 11) is 1.55. The van der Waals surface area contributed by atoms with Crippen LogP contribution in [-0.2, 0) is 20.9 Å². The molecule has 7 heteroatoms. The van der Waals surface area contributed by atoms with Crippen molar-refractivity contribution in [3.05, 3.63) is 64.2 Å². The van der Waals surface area contributed by atoms with Crippen LogP contribution in [-0.4, -0.2) is 32.2 Å². The number of rotatable bonds is 9. The number of methoxy groups -OCH3 is 1. The van der Waals surface area contributed by atoms with Crippen molar-refractivity contribution < 1.29 is 23.8 Å². The molecule has 0 fully saturated rings. The fraction of sp³-hybridized carbons (Fsp3) is 0.333. The molecule has 0 saturated carbocycles. The first kappa shape index (κ1) is 21.7. The van der Waals surface area contributed by atoms with Crippen molar-refractivity contribution in [3.63, 3.8) is 0 Å². The van der Waals surface area contributed by atoms with Gasteiger partial charge < -0.3 is 19.5 Å². The van der Waals surface area contributed by atoms with E-state index in [9.17, 15) is 9.59 Å². The highest BCUT2D eigenvalue weighted by Crippen LogP contribution is 2.21. The first-order valence-corrected chi connectivity index (χ1v) is 9.29. The molecule has 0 aliphatic heterocycles. The minimum absolute atomic E-state index is 0.260. The predicted molar refractivity (Wildman–Crippen MR) is 107 cm³/mol. The van der Waals surface area contributed by atoms with Crippen LogP contribution < -0.4 is 10.1 Å². The van der Waals surface area contributed by atoms with E-state index in [1.165, 1.54) is 0 Å². The van der Waals surface area contributed by atoms with Crippen LogP contribution in [0.2, 0.25) is 5.02 Å². The minimum Gasteiger partial charge on any atom is -0.496 e. The van der Waals surface area contributed by atoms with Crippen LogP contribution in [0.1, 0.15) is 41.4 Å². The number of hydrogen-bond donors (Lipinski definition) is 1. The molecular formula is C21H24ClNO5. The second-order valence-corrected chi connectivity index (χ2v) is 6.52. The topological polar surface area (TPSA) is 73.9 Å². The number of carbonyl (C=O) groups is 2. The lowest BCUT2D eigenvalue weighted by Gasteiger charge is -2.15. The van der Waals surface area contributed by atoms with Crippen LogP contribution in [0.15, 0.2) is 42.5 Å².